The fourth-order valence-electron chi connectivity index (χ4n) is 2.33. The van der Waals surface area contributed by atoms with Crippen LogP contribution < -0.4 is 0 Å². The van der Waals surface area contributed by atoms with Crippen molar-refractivity contribution in [2.45, 2.75) is 6.29 Å². The zero-order valence-electron chi connectivity index (χ0n) is 11.7. The summed E-state index contributed by atoms with van der Waals surface area (Å²) < 4.78 is 15.7. The van der Waals surface area contributed by atoms with Crippen molar-refractivity contribution < 1.29 is 19.0 Å². The maximum absolute atomic E-state index is 11.6. The Morgan fingerprint density at radius 2 is 1.76 bits per heavy atom. The zero-order valence-corrected chi connectivity index (χ0v) is 11.7. The fourth-order valence-corrected chi connectivity index (χ4v) is 2.33. The summed E-state index contributed by atoms with van der Waals surface area (Å²) in [7, 11) is 1.38. The Bertz CT molecular complexity index is 627. The molecule has 0 bridgehead atoms. The molecule has 108 valence electrons. The summed E-state index contributed by atoms with van der Waals surface area (Å²) in [5.41, 5.74) is 3.54. The van der Waals surface area contributed by atoms with E-state index in [0.29, 0.717) is 18.8 Å². The van der Waals surface area contributed by atoms with Gasteiger partial charge in [-0.25, -0.2) is 4.79 Å². The highest BCUT2D eigenvalue weighted by atomic mass is 16.7. The molecule has 0 atom stereocenters. The number of benzene rings is 2. The number of carbonyl (C=O) groups is 1. The lowest BCUT2D eigenvalue weighted by Crippen LogP contribution is -2.01. The predicted molar refractivity (Wildman–Crippen MR) is 77.9 cm³/mol. The molecule has 1 aliphatic rings. The third-order valence-electron chi connectivity index (χ3n) is 3.42. The van der Waals surface area contributed by atoms with Gasteiger partial charge in [-0.05, 0) is 23.3 Å². The molecule has 0 spiro atoms. The molecule has 0 unspecified atom stereocenters. The Morgan fingerprint density at radius 3 is 2.43 bits per heavy atom. The summed E-state index contributed by atoms with van der Waals surface area (Å²) in [5.74, 6) is -0.332. The van der Waals surface area contributed by atoms with Gasteiger partial charge in [-0.1, -0.05) is 36.4 Å². The molecule has 4 heteroatoms. The molecule has 2 aromatic carbocycles. The number of carbonyl (C=O) groups excluding carboxylic acids is 1. The Balaban J connectivity index is 1.85. The first-order valence-electron chi connectivity index (χ1n) is 6.80. The summed E-state index contributed by atoms with van der Waals surface area (Å²) in [6.07, 6.45) is -0.263. The summed E-state index contributed by atoms with van der Waals surface area (Å²) >= 11 is 0. The second kappa shape index (κ2) is 6.08. The van der Waals surface area contributed by atoms with Gasteiger partial charge in [0.1, 0.15) is 0 Å². The van der Waals surface area contributed by atoms with Gasteiger partial charge < -0.3 is 14.2 Å². The summed E-state index contributed by atoms with van der Waals surface area (Å²) in [4.78, 5) is 11.6. The van der Waals surface area contributed by atoms with Gasteiger partial charge in [-0.15, -0.1) is 0 Å². The Labute approximate surface area is 123 Å². The standard InChI is InChI=1S/C17H16O4/c1-19-16(18)15-4-2-3-14(11-15)12-5-7-13(8-6-12)17-20-9-10-21-17/h2-8,11,17H,9-10H2,1H3. The van der Waals surface area contributed by atoms with Crippen molar-refractivity contribution in [2.24, 2.45) is 0 Å². The Kier molecular flexibility index (Phi) is 3.99. The molecule has 1 aliphatic heterocycles. The molecule has 3 rings (SSSR count). The number of rotatable bonds is 3. The summed E-state index contributed by atoms with van der Waals surface area (Å²) in [5, 5.41) is 0. The van der Waals surface area contributed by atoms with Crippen LogP contribution in [0.25, 0.3) is 11.1 Å². The average molecular weight is 284 g/mol. The van der Waals surface area contributed by atoms with Gasteiger partial charge in [0.15, 0.2) is 6.29 Å². The van der Waals surface area contributed by atoms with Crippen molar-refractivity contribution in [2.75, 3.05) is 20.3 Å². The van der Waals surface area contributed by atoms with Crippen LogP contribution in [0, 0.1) is 0 Å². The molecule has 1 fully saturated rings. The van der Waals surface area contributed by atoms with E-state index in [1.54, 1.807) is 6.07 Å². The molecule has 21 heavy (non-hydrogen) atoms. The SMILES string of the molecule is COC(=O)c1cccc(-c2ccc(C3OCCO3)cc2)c1. The van der Waals surface area contributed by atoms with Crippen LogP contribution in [0.5, 0.6) is 0 Å². The second-order valence-corrected chi connectivity index (χ2v) is 4.77. The molecule has 0 saturated carbocycles. The first-order valence-corrected chi connectivity index (χ1v) is 6.80. The second-order valence-electron chi connectivity index (χ2n) is 4.77. The van der Waals surface area contributed by atoms with Gasteiger partial charge >= 0.3 is 5.97 Å². The minimum Gasteiger partial charge on any atom is -0.465 e. The van der Waals surface area contributed by atoms with E-state index in [9.17, 15) is 4.79 Å². The van der Waals surface area contributed by atoms with E-state index in [1.165, 1.54) is 7.11 Å². The molecule has 4 nitrogen and oxygen atoms in total. The molecule has 1 heterocycles. The van der Waals surface area contributed by atoms with Crippen molar-refractivity contribution in [1.82, 2.24) is 0 Å². The molecule has 0 aliphatic carbocycles. The third-order valence-corrected chi connectivity index (χ3v) is 3.42. The van der Waals surface area contributed by atoms with Gasteiger partial charge in [0.2, 0.25) is 0 Å². The first kappa shape index (κ1) is 13.8. The lowest BCUT2D eigenvalue weighted by atomic mass is 10.0. The monoisotopic (exact) mass is 284 g/mol. The summed E-state index contributed by atoms with van der Waals surface area (Å²) in [6.45, 7) is 1.27. The minimum atomic E-state index is -0.332. The van der Waals surface area contributed by atoms with Gasteiger partial charge in [0.05, 0.1) is 25.9 Å². The molecule has 0 amide bonds. The van der Waals surface area contributed by atoms with Crippen LogP contribution in [0.3, 0.4) is 0 Å². The normalized spacial score (nSPS) is 15.1. The Morgan fingerprint density at radius 1 is 1.05 bits per heavy atom. The number of methoxy groups -OCH3 is 1. The van der Waals surface area contributed by atoms with E-state index in [1.807, 2.05) is 42.5 Å². The van der Waals surface area contributed by atoms with Crippen LogP contribution in [0.1, 0.15) is 22.2 Å². The molecule has 0 radical (unpaired) electrons. The Hall–Kier alpha value is -2.17. The fraction of sp³-hybridized carbons (Fsp3) is 0.235. The topological polar surface area (TPSA) is 44.8 Å². The lowest BCUT2D eigenvalue weighted by Gasteiger charge is -2.10. The maximum Gasteiger partial charge on any atom is 0.337 e. The number of ether oxygens (including phenoxy) is 3. The van der Waals surface area contributed by atoms with Crippen LogP contribution in [0.4, 0.5) is 0 Å². The van der Waals surface area contributed by atoms with Crippen LogP contribution in [0.15, 0.2) is 48.5 Å². The highest BCUT2D eigenvalue weighted by Gasteiger charge is 2.17. The van der Waals surface area contributed by atoms with E-state index in [-0.39, 0.29) is 12.3 Å². The van der Waals surface area contributed by atoms with Gasteiger partial charge in [0, 0.05) is 5.56 Å². The lowest BCUT2D eigenvalue weighted by molar-refractivity contribution is -0.0441. The largest absolute Gasteiger partial charge is 0.465 e. The number of hydrogen-bond acceptors (Lipinski definition) is 4. The number of esters is 1. The van der Waals surface area contributed by atoms with Gasteiger partial charge in [-0.2, -0.15) is 0 Å². The van der Waals surface area contributed by atoms with Crippen LogP contribution in [-0.2, 0) is 14.2 Å². The molecule has 1 saturated heterocycles. The average Bonchev–Trinajstić information content (AvgIpc) is 3.09. The van der Waals surface area contributed by atoms with Crippen molar-refractivity contribution in [3.63, 3.8) is 0 Å². The van der Waals surface area contributed by atoms with E-state index < -0.39 is 0 Å². The van der Waals surface area contributed by atoms with E-state index in [2.05, 4.69) is 0 Å². The van der Waals surface area contributed by atoms with Crippen LogP contribution in [0.2, 0.25) is 0 Å². The van der Waals surface area contributed by atoms with E-state index in [4.69, 9.17) is 14.2 Å². The predicted octanol–water partition coefficient (Wildman–Crippen LogP) is 3.19. The van der Waals surface area contributed by atoms with Crippen molar-refractivity contribution in [1.29, 1.82) is 0 Å². The highest BCUT2D eigenvalue weighted by Crippen LogP contribution is 2.27. The highest BCUT2D eigenvalue weighted by molar-refractivity contribution is 5.90. The maximum atomic E-state index is 11.6. The van der Waals surface area contributed by atoms with Gasteiger partial charge in [-0.3, -0.25) is 0 Å². The van der Waals surface area contributed by atoms with E-state index in [0.717, 1.165) is 16.7 Å². The minimum absolute atomic E-state index is 0.263. The third kappa shape index (κ3) is 2.96. The molecular formula is C17H16O4. The molecular weight excluding hydrogens is 268 g/mol. The number of hydrogen-bond donors (Lipinski definition) is 0. The van der Waals surface area contributed by atoms with Crippen molar-refractivity contribution >= 4 is 5.97 Å². The quantitative estimate of drug-likeness (QED) is 0.812. The molecule has 0 aromatic heterocycles. The summed E-state index contributed by atoms with van der Waals surface area (Å²) in [6, 6.07) is 15.3. The smallest absolute Gasteiger partial charge is 0.337 e. The van der Waals surface area contributed by atoms with Gasteiger partial charge in [0.25, 0.3) is 0 Å². The first-order chi connectivity index (χ1) is 10.3. The molecule has 2 aromatic rings. The van der Waals surface area contributed by atoms with Crippen LogP contribution in [-0.4, -0.2) is 26.3 Å². The van der Waals surface area contributed by atoms with E-state index >= 15 is 0 Å². The van der Waals surface area contributed by atoms with Crippen molar-refractivity contribution in [3.05, 3.63) is 59.7 Å². The van der Waals surface area contributed by atoms with Crippen molar-refractivity contribution in [3.8, 4) is 11.1 Å². The molecule has 0 N–H and O–H groups in total. The van der Waals surface area contributed by atoms with Crippen LogP contribution >= 0.6 is 0 Å². The zero-order chi connectivity index (χ0) is 14.7.